The fourth-order valence-corrected chi connectivity index (χ4v) is 1.50. The molecule has 0 bridgehead atoms. The minimum atomic E-state index is 0.242. The standard InChI is InChI=1S/C10H11NO/c1-2-7-4-3-5-8-6-9(12)11-10(7)8/h3-6,11-12H,2H2,1H3. The quantitative estimate of drug-likeness (QED) is 0.662. The Morgan fingerprint density at radius 3 is 3.00 bits per heavy atom. The summed E-state index contributed by atoms with van der Waals surface area (Å²) in [7, 11) is 0. The van der Waals surface area contributed by atoms with Crippen LogP contribution in [0.1, 0.15) is 12.5 Å². The predicted molar refractivity (Wildman–Crippen MR) is 49.3 cm³/mol. The molecule has 2 nitrogen and oxygen atoms in total. The molecule has 1 aromatic carbocycles. The number of aryl methyl sites for hydroxylation is 1. The highest BCUT2D eigenvalue weighted by atomic mass is 16.3. The third-order valence-corrected chi connectivity index (χ3v) is 2.11. The lowest BCUT2D eigenvalue weighted by atomic mass is 10.1. The van der Waals surface area contributed by atoms with Gasteiger partial charge in [-0.1, -0.05) is 25.1 Å². The molecule has 0 amide bonds. The Morgan fingerprint density at radius 1 is 1.42 bits per heavy atom. The van der Waals surface area contributed by atoms with Gasteiger partial charge < -0.3 is 10.1 Å². The number of benzene rings is 1. The zero-order valence-corrected chi connectivity index (χ0v) is 6.96. The van der Waals surface area contributed by atoms with E-state index in [0.29, 0.717) is 0 Å². The molecule has 0 fully saturated rings. The summed E-state index contributed by atoms with van der Waals surface area (Å²) < 4.78 is 0. The third-order valence-electron chi connectivity index (χ3n) is 2.11. The van der Waals surface area contributed by atoms with Crippen LogP contribution < -0.4 is 0 Å². The smallest absolute Gasteiger partial charge is 0.189 e. The van der Waals surface area contributed by atoms with Gasteiger partial charge in [0.05, 0.1) is 5.52 Å². The van der Waals surface area contributed by atoms with Crippen LogP contribution in [0.5, 0.6) is 5.88 Å². The van der Waals surface area contributed by atoms with E-state index in [1.165, 1.54) is 5.56 Å². The van der Waals surface area contributed by atoms with Crippen LogP contribution >= 0.6 is 0 Å². The maximum Gasteiger partial charge on any atom is 0.189 e. The molecule has 1 heterocycles. The van der Waals surface area contributed by atoms with Crippen molar-refractivity contribution in [1.29, 1.82) is 0 Å². The molecular formula is C10H11NO. The second-order valence-electron chi connectivity index (χ2n) is 2.89. The molecule has 0 saturated carbocycles. The molecule has 12 heavy (non-hydrogen) atoms. The average Bonchev–Trinajstić information content (AvgIpc) is 2.44. The van der Waals surface area contributed by atoms with E-state index in [0.717, 1.165) is 17.3 Å². The molecule has 1 aromatic heterocycles. The van der Waals surface area contributed by atoms with Gasteiger partial charge in [0, 0.05) is 11.5 Å². The Balaban J connectivity index is 2.78. The minimum Gasteiger partial charge on any atom is -0.495 e. The molecule has 0 atom stereocenters. The first-order valence-electron chi connectivity index (χ1n) is 4.11. The number of nitrogens with one attached hydrogen (secondary N) is 1. The molecule has 0 unspecified atom stereocenters. The maximum atomic E-state index is 9.22. The van der Waals surface area contributed by atoms with Crippen LogP contribution in [0.4, 0.5) is 0 Å². The van der Waals surface area contributed by atoms with E-state index in [1.807, 2.05) is 12.1 Å². The van der Waals surface area contributed by atoms with Crippen molar-refractivity contribution in [3.8, 4) is 5.88 Å². The van der Waals surface area contributed by atoms with Gasteiger partial charge in [-0.2, -0.15) is 0 Å². The monoisotopic (exact) mass is 161 g/mol. The van der Waals surface area contributed by atoms with Gasteiger partial charge in [0.25, 0.3) is 0 Å². The highest BCUT2D eigenvalue weighted by Crippen LogP contribution is 2.22. The second kappa shape index (κ2) is 2.55. The summed E-state index contributed by atoms with van der Waals surface area (Å²) in [5.41, 5.74) is 2.30. The molecule has 0 aliphatic carbocycles. The van der Waals surface area contributed by atoms with Gasteiger partial charge in [0.1, 0.15) is 0 Å². The Morgan fingerprint density at radius 2 is 2.25 bits per heavy atom. The van der Waals surface area contributed by atoms with E-state index >= 15 is 0 Å². The van der Waals surface area contributed by atoms with E-state index in [-0.39, 0.29) is 5.88 Å². The van der Waals surface area contributed by atoms with Crippen LogP contribution in [0.2, 0.25) is 0 Å². The number of hydrogen-bond donors (Lipinski definition) is 2. The highest BCUT2D eigenvalue weighted by molar-refractivity contribution is 5.84. The first-order valence-corrected chi connectivity index (χ1v) is 4.11. The van der Waals surface area contributed by atoms with Crippen molar-refractivity contribution in [2.45, 2.75) is 13.3 Å². The first-order chi connectivity index (χ1) is 5.81. The van der Waals surface area contributed by atoms with Gasteiger partial charge in [-0.05, 0) is 12.0 Å². The van der Waals surface area contributed by atoms with Crippen molar-refractivity contribution in [2.24, 2.45) is 0 Å². The van der Waals surface area contributed by atoms with Crippen molar-refractivity contribution in [2.75, 3.05) is 0 Å². The van der Waals surface area contributed by atoms with Gasteiger partial charge >= 0.3 is 0 Å². The Hall–Kier alpha value is -1.44. The molecule has 2 aromatic rings. The topological polar surface area (TPSA) is 36.0 Å². The Labute approximate surface area is 70.8 Å². The van der Waals surface area contributed by atoms with Crippen LogP contribution in [0.15, 0.2) is 24.3 Å². The molecule has 0 spiro atoms. The molecule has 0 aliphatic heterocycles. The van der Waals surface area contributed by atoms with E-state index in [9.17, 15) is 5.11 Å². The summed E-state index contributed by atoms with van der Waals surface area (Å²) >= 11 is 0. The van der Waals surface area contributed by atoms with Gasteiger partial charge in [-0.3, -0.25) is 0 Å². The molecule has 0 radical (unpaired) electrons. The minimum absolute atomic E-state index is 0.242. The SMILES string of the molecule is CCc1cccc2cc(O)[nH]c12. The van der Waals surface area contributed by atoms with Gasteiger partial charge in [-0.15, -0.1) is 0 Å². The van der Waals surface area contributed by atoms with Crippen LogP contribution in [0.3, 0.4) is 0 Å². The lowest BCUT2D eigenvalue weighted by Gasteiger charge is -1.96. The molecule has 2 N–H and O–H groups in total. The number of aromatic nitrogens is 1. The number of fused-ring (bicyclic) bond motifs is 1. The Kier molecular flexibility index (Phi) is 1.54. The molecule has 62 valence electrons. The summed E-state index contributed by atoms with van der Waals surface area (Å²) in [6.07, 6.45) is 0.983. The van der Waals surface area contributed by atoms with Crippen LogP contribution in [-0.4, -0.2) is 10.1 Å². The second-order valence-corrected chi connectivity index (χ2v) is 2.89. The van der Waals surface area contributed by atoms with E-state index in [1.54, 1.807) is 6.07 Å². The predicted octanol–water partition coefficient (Wildman–Crippen LogP) is 2.44. The summed E-state index contributed by atoms with van der Waals surface area (Å²) in [6, 6.07) is 7.81. The van der Waals surface area contributed by atoms with Crippen LogP contribution in [-0.2, 0) is 6.42 Å². The normalized spacial score (nSPS) is 10.8. The summed E-state index contributed by atoms with van der Waals surface area (Å²) in [6.45, 7) is 2.10. The zero-order valence-electron chi connectivity index (χ0n) is 6.96. The molecular weight excluding hydrogens is 150 g/mol. The number of rotatable bonds is 1. The zero-order chi connectivity index (χ0) is 8.55. The molecule has 0 aliphatic rings. The fraction of sp³-hybridized carbons (Fsp3) is 0.200. The number of H-pyrrole nitrogens is 1. The van der Waals surface area contributed by atoms with Crippen molar-refractivity contribution in [1.82, 2.24) is 4.98 Å². The van der Waals surface area contributed by atoms with Crippen LogP contribution in [0.25, 0.3) is 10.9 Å². The van der Waals surface area contributed by atoms with Gasteiger partial charge in [-0.25, -0.2) is 0 Å². The van der Waals surface area contributed by atoms with Crippen molar-refractivity contribution >= 4 is 10.9 Å². The average molecular weight is 161 g/mol. The van der Waals surface area contributed by atoms with Crippen LogP contribution in [0, 0.1) is 0 Å². The summed E-state index contributed by atoms with van der Waals surface area (Å²) in [4.78, 5) is 2.93. The van der Waals surface area contributed by atoms with Crippen molar-refractivity contribution < 1.29 is 5.11 Å². The van der Waals surface area contributed by atoms with Gasteiger partial charge in [0.15, 0.2) is 5.88 Å². The largest absolute Gasteiger partial charge is 0.495 e. The summed E-state index contributed by atoms with van der Waals surface area (Å²) in [5, 5.41) is 10.3. The Bertz CT molecular complexity index is 403. The van der Waals surface area contributed by atoms with Gasteiger partial charge in [0.2, 0.25) is 0 Å². The van der Waals surface area contributed by atoms with E-state index in [2.05, 4.69) is 18.0 Å². The molecule has 2 rings (SSSR count). The summed E-state index contributed by atoms with van der Waals surface area (Å²) in [5.74, 6) is 0.242. The maximum absolute atomic E-state index is 9.22. The van der Waals surface area contributed by atoms with E-state index in [4.69, 9.17) is 0 Å². The highest BCUT2D eigenvalue weighted by Gasteiger charge is 2.01. The molecule has 2 heteroatoms. The number of aromatic amines is 1. The van der Waals surface area contributed by atoms with E-state index < -0.39 is 0 Å². The third kappa shape index (κ3) is 0.961. The fourth-order valence-electron chi connectivity index (χ4n) is 1.50. The number of hydrogen-bond acceptors (Lipinski definition) is 1. The van der Waals surface area contributed by atoms with Crippen molar-refractivity contribution in [3.05, 3.63) is 29.8 Å². The molecule has 0 saturated heterocycles. The number of aromatic hydroxyl groups is 1. The number of para-hydroxylation sites is 1. The van der Waals surface area contributed by atoms with Crippen molar-refractivity contribution in [3.63, 3.8) is 0 Å². The lowest BCUT2D eigenvalue weighted by Crippen LogP contribution is -1.80. The lowest BCUT2D eigenvalue weighted by molar-refractivity contribution is 0.458. The first kappa shape index (κ1) is 7.22.